The number of fused-ring (bicyclic) bond motifs is 1. The molecule has 0 spiro atoms. The molecule has 1 saturated heterocycles. The number of rotatable bonds is 5. The van der Waals surface area contributed by atoms with E-state index in [1.165, 1.54) is 6.08 Å². The standard InChI is InChI=1S/C22H29N3O4S/c1-4-21(26)23-18-11-14(2)25(15(3)12-18)30(28,29)19-7-8-20-17(13-19)9-10-24(20)22(27)16-5-6-16/h4,7-8,13-16,18H,1,5-6,9-12H2,2-3H3,(H,23,26). The first-order valence-corrected chi connectivity index (χ1v) is 12.1. The van der Waals surface area contributed by atoms with Crippen molar-refractivity contribution in [3.8, 4) is 0 Å². The fourth-order valence-electron chi connectivity index (χ4n) is 4.85. The van der Waals surface area contributed by atoms with E-state index in [-0.39, 0.29) is 40.8 Å². The van der Waals surface area contributed by atoms with Crippen LogP contribution in [0.4, 0.5) is 5.69 Å². The summed E-state index contributed by atoms with van der Waals surface area (Å²) in [5, 5.41) is 2.89. The fraction of sp³-hybridized carbons (Fsp3) is 0.545. The van der Waals surface area contributed by atoms with Crippen LogP contribution >= 0.6 is 0 Å². The molecule has 2 heterocycles. The molecule has 2 fully saturated rings. The van der Waals surface area contributed by atoms with Gasteiger partial charge in [-0.2, -0.15) is 4.31 Å². The van der Waals surface area contributed by atoms with Crippen molar-refractivity contribution in [2.24, 2.45) is 5.92 Å². The number of nitrogens with zero attached hydrogens (tertiary/aromatic N) is 2. The number of hydrogen-bond acceptors (Lipinski definition) is 4. The zero-order valence-corrected chi connectivity index (χ0v) is 18.3. The highest BCUT2D eigenvalue weighted by molar-refractivity contribution is 7.89. The molecule has 7 nitrogen and oxygen atoms in total. The molecule has 1 aliphatic carbocycles. The third kappa shape index (κ3) is 3.78. The molecule has 0 bridgehead atoms. The first-order chi connectivity index (χ1) is 14.2. The number of sulfonamides is 1. The highest BCUT2D eigenvalue weighted by Gasteiger charge is 2.41. The van der Waals surface area contributed by atoms with Crippen molar-refractivity contribution in [2.75, 3.05) is 11.4 Å². The predicted molar refractivity (Wildman–Crippen MR) is 115 cm³/mol. The molecular formula is C22H29N3O4S. The number of carbonyl (C=O) groups is 2. The Labute approximate surface area is 178 Å². The number of anilines is 1. The summed E-state index contributed by atoms with van der Waals surface area (Å²) in [5.41, 5.74) is 1.76. The van der Waals surface area contributed by atoms with Gasteiger partial charge in [-0.1, -0.05) is 6.58 Å². The molecular weight excluding hydrogens is 402 g/mol. The second-order valence-corrected chi connectivity index (χ2v) is 10.6. The van der Waals surface area contributed by atoms with Gasteiger partial charge in [0.2, 0.25) is 21.8 Å². The highest BCUT2D eigenvalue weighted by Crippen LogP contribution is 2.38. The number of carbonyl (C=O) groups excluding carboxylic acids is 2. The maximum Gasteiger partial charge on any atom is 0.243 e. The smallest absolute Gasteiger partial charge is 0.243 e. The van der Waals surface area contributed by atoms with Gasteiger partial charge in [-0.05, 0) is 75.8 Å². The molecule has 1 saturated carbocycles. The van der Waals surface area contributed by atoms with Crippen LogP contribution in [0.3, 0.4) is 0 Å². The third-order valence-electron chi connectivity index (χ3n) is 6.37. The van der Waals surface area contributed by atoms with Gasteiger partial charge in [-0.15, -0.1) is 0 Å². The molecule has 3 aliphatic rings. The monoisotopic (exact) mass is 431 g/mol. The van der Waals surface area contributed by atoms with Gasteiger partial charge in [0.05, 0.1) is 4.90 Å². The molecule has 2 amide bonds. The number of nitrogens with one attached hydrogen (secondary N) is 1. The topological polar surface area (TPSA) is 86.8 Å². The number of amides is 2. The minimum atomic E-state index is -3.68. The minimum Gasteiger partial charge on any atom is -0.350 e. The van der Waals surface area contributed by atoms with Crippen molar-refractivity contribution in [3.05, 3.63) is 36.4 Å². The fourth-order valence-corrected chi connectivity index (χ4v) is 6.75. The van der Waals surface area contributed by atoms with Crippen LogP contribution in [0, 0.1) is 5.92 Å². The molecule has 30 heavy (non-hydrogen) atoms. The van der Waals surface area contributed by atoms with Gasteiger partial charge in [0, 0.05) is 36.3 Å². The summed E-state index contributed by atoms with van der Waals surface area (Å²) < 4.78 is 28.5. The molecule has 0 radical (unpaired) electrons. The molecule has 0 aromatic heterocycles. The summed E-state index contributed by atoms with van der Waals surface area (Å²) >= 11 is 0. The zero-order valence-electron chi connectivity index (χ0n) is 17.5. The lowest BCUT2D eigenvalue weighted by molar-refractivity contribution is -0.119. The Morgan fingerprint density at radius 2 is 1.83 bits per heavy atom. The average Bonchev–Trinajstić information content (AvgIpc) is 3.45. The highest BCUT2D eigenvalue weighted by atomic mass is 32.2. The van der Waals surface area contributed by atoms with Crippen LogP contribution in [0.15, 0.2) is 35.7 Å². The summed E-state index contributed by atoms with van der Waals surface area (Å²) in [6.45, 7) is 7.85. The van der Waals surface area contributed by atoms with Crippen molar-refractivity contribution in [1.29, 1.82) is 0 Å². The van der Waals surface area contributed by atoms with E-state index in [1.54, 1.807) is 22.5 Å². The van der Waals surface area contributed by atoms with Crippen LogP contribution in [0.25, 0.3) is 0 Å². The Morgan fingerprint density at radius 1 is 1.17 bits per heavy atom. The van der Waals surface area contributed by atoms with Gasteiger partial charge >= 0.3 is 0 Å². The largest absolute Gasteiger partial charge is 0.350 e. The molecule has 2 unspecified atom stereocenters. The van der Waals surface area contributed by atoms with Gasteiger partial charge in [0.25, 0.3) is 0 Å². The van der Waals surface area contributed by atoms with Gasteiger partial charge < -0.3 is 10.2 Å². The first kappa shape index (κ1) is 21.1. The van der Waals surface area contributed by atoms with Crippen molar-refractivity contribution >= 4 is 27.5 Å². The molecule has 4 rings (SSSR count). The summed E-state index contributed by atoms with van der Waals surface area (Å²) in [4.78, 5) is 26.2. The average molecular weight is 432 g/mol. The van der Waals surface area contributed by atoms with E-state index in [0.717, 1.165) is 24.1 Å². The van der Waals surface area contributed by atoms with Gasteiger partial charge in [-0.25, -0.2) is 8.42 Å². The molecule has 8 heteroatoms. The lowest BCUT2D eigenvalue weighted by Gasteiger charge is -2.41. The van der Waals surface area contributed by atoms with Gasteiger partial charge in [0.15, 0.2) is 0 Å². The van der Waals surface area contributed by atoms with Crippen molar-refractivity contribution < 1.29 is 18.0 Å². The summed E-state index contributed by atoms with van der Waals surface area (Å²) in [6, 6.07) is 4.58. The van der Waals surface area contributed by atoms with Crippen LogP contribution in [0.1, 0.15) is 45.1 Å². The van der Waals surface area contributed by atoms with E-state index in [9.17, 15) is 18.0 Å². The Kier molecular flexibility index (Phi) is 5.48. The predicted octanol–water partition coefficient (Wildman–Crippen LogP) is 2.22. The van der Waals surface area contributed by atoms with E-state index >= 15 is 0 Å². The quantitative estimate of drug-likeness (QED) is 0.725. The van der Waals surface area contributed by atoms with E-state index in [2.05, 4.69) is 11.9 Å². The van der Waals surface area contributed by atoms with Gasteiger partial charge in [0.1, 0.15) is 0 Å². The number of hydrogen-bond donors (Lipinski definition) is 1. The Bertz CT molecular complexity index is 974. The number of piperidine rings is 1. The van der Waals surface area contributed by atoms with E-state index in [1.807, 2.05) is 18.7 Å². The molecule has 1 aromatic carbocycles. The van der Waals surface area contributed by atoms with Crippen molar-refractivity contribution in [3.63, 3.8) is 0 Å². The SMILES string of the molecule is C=CC(=O)NC1CC(C)N(S(=O)(=O)c2ccc3c(c2)CCN3C(=O)C2CC2)C(C)C1. The van der Waals surface area contributed by atoms with Gasteiger partial charge in [-0.3, -0.25) is 9.59 Å². The molecule has 1 N–H and O–H groups in total. The normalized spacial score (nSPS) is 26.9. The second-order valence-electron chi connectivity index (χ2n) is 8.72. The Hall–Kier alpha value is -2.19. The third-order valence-corrected chi connectivity index (χ3v) is 8.49. The van der Waals surface area contributed by atoms with Crippen molar-refractivity contribution in [2.45, 2.75) is 69.0 Å². The maximum absolute atomic E-state index is 13.5. The molecule has 162 valence electrons. The number of benzene rings is 1. The van der Waals surface area contributed by atoms with Crippen LogP contribution in [0.2, 0.25) is 0 Å². The van der Waals surface area contributed by atoms with Crippen LogP contribution in [-0.2, 0) is 26.0 Å². The molecule has 2 atom stereocenters. The second kappa shape index (κ2) is 7.81. The van der Waals surface area contributed by atoms with Crippen molar-refractivity contribution in [1.82, 2.24) is 9.62 Å². The van der Waals surface area contributed by atoms with E-state index < -0.39 is 10.0 Å². The van der Waals surface area contributed by atoms with E-state index in [0.29, 0.717) is 25.8 Å². The zero-order chi connectivity index (χ0) is 21.6. The summed E-state index contributed by atoms with van der Waals surface area (Å²) in [5.74, 6) is 0.0683. The summed E-state index contributed by atoms with van der Waals surface area (Å²) in [7, 11) is -3.68. The lowest BCUT2D eigenvalue weighted by atomic mass is 9.95. The lowest BCUT2D eigenvalue weighted by Crippen LogP contribution is -2.54. The first-order valence-electron chi connectivity index (χ1n) is 10.6. The van der Waals surface area contributed by atoms with Crippen LogP contribution < -0.4 is 10.2 Å². The molecule has 2 aliphatic heterocycles. The van der Waals surface area contributed by atoms with Crippen LogP contribution in [-0.4, -0.2) is 49.2 Å². The summed E-state index contributed by atoms with van der Waals surface area (Å²) in [6.07, 6.45) is 4.93. The minimum absolute atomic E-state index is 0.0750. The Morgan fingerprint density at radius 3 is 2.43 bits per heavy atom. The maximum atomic E-state index is 13.5. The van der Waals surface area contributed by atoms with Crippen LogP contribution in [0.5, 0.6) is 0 Å². The Balaban J connectivity index is 1.54. The van der Waals surface area contributed by atoms with E-state index in [4.69, 9.17) is 0 Å². The molecule has 1 aromatic rings.